The molecule has 8 nitrogen and oxygen atoms in total. The molecule has 1 unspecified atom stereocenters. The summed E-state index contributed by atoms with van der Waals surface area (Å²) in [6, 6.07) is 15.0. The molecule has 0 bridgehead atoms. The van der Waals surface area contributed by atoms with Crippen LogP contribution in [0.1, 0.15) is 23.5 Å². The van der Waals surface area contributed by atoms with Gasteiger partial charge in [0.05, 0.1) is 20.9 Å². The topological polar surface area (TPSA) is 154 Å². The number of nitrogen functional groups attached to an aromatic ring is 1. The summed E-state index contributed by atoms with van der Waals surface area (Å²) < 4.78 is 29.0. The highest BCUT2D eigenvalue weighted by atomic mass is 35.5. The standard InChI is InChI=1S/C23H22Cl3N5O3S/c24-14-2-1-3-16(11-14)35(33,34)31-22(29)18-12-15(5-7-21(18)28)30-23(32)17(8-9-27)13-4-6-19(25)20(26)10-13/h1-7,10-12,17H,8-9,27-28H2,(H2,29,31)(H,30,32). The van der Waals surface area contributed by atoms with E-state index >= 15 is 0 Å². The minimum atomic E-state index is -4.15. The molecule has 184 valence electrons. The number of anilines is 2. The first-order valence-corrected chi connectivity index (χ1v) is 12.8. The molecule has 0 aliphatic rings. The summed E-state index contributed by atoms with van der Waals surface area (Å²) in [6.45, 7) is 0.256. The Balaban J connectivity index is 1.89. The van der Waals surface area contributed by atoms with Gasteiger partial charge in [0, 0.05) is 22.0 Å². The van der Waals surface area contributed by atoms with Gasteiger partial charge in [-0.25, -0.2) is 0 Å². The number of hydrogen-bond acceptors (Lipinski definition) is 5. The Morgan fingerprint density at radius 1 is 1.00 bits per heavy atom. The van der Waals surface area contributed by atoms with Crippen LogP contribution in [0.15, 0.2) is 70.0 Å². The Labute approximate surface area is 218 Å². The average molecular weight is 555 g/mol. The molecule has 0 saturated heterocycles. The number of carbonyl (C=O) groups is 1. The first-order valence-electron chi connectivity index (χ1n) is 10.2. The number of amides is 1. The molecule has 0 aliphatic heterocycles. The zero-order valence-corrected chi connectivity index (χ0v) is 21.3. The van der Waals surface area contributed by atoms with Crippen LogP contribution in [-0.4, -0.2) is 26.7 Å². The molecule has 0 spiro atoms. The van der Waals surface area contributed by atoms with Crippen molar-refractivity contribution in [3.8, 4) is 0 Å². The number of sulfonamides is 1. The van der Waals surface area contributed by atoms with Crippen molar-refractivity contribution in [1.82, 2.24) is 0 Å². The lowest BCUT2D eigenvalue weighted by molar-refractivity contribution is -0.117. The van der Waals surface area contributed by atoms with Gasteiger partial charge in [0.1, 0.15) is 5.84 Å². The molecule has 0 heterocycles. The second-order valence-corrected chi connectivity index (χ2v) is 10.4. The van der Waals surface area contributed by atoms with Gasteiger partial charge in [0.15, 0.2) is 0 Å². The van der Waals surface area contributed by atoms with Crippen LogP contribution in [0.2, 0.25) is 15.1 Å². The number of amidine groups is 1. The third kappa shape index (κ3) is 6.65. The van der Waals surface area contributed by atoms with Crippen molar-refractivity contribution in [3.05, 3.63) is 86.9 Å². The molecule has 1 amide bonds. The lowest BCUT2D eigenvalue weighted by Gasteiger charge is -2.18. The predicted molar refractivity (Wildman–Crippen MR) is 142 cm³/mol. The number of rotatable bonds is 8. The molecule has 0 saturated carbocycles. The zero-order chi connectivity index (χ0) is 25.8. The van der Waals surface area contributed by atoms with Gasteiger partial charge in [-0.3, -0.25) is 4.79 Å². The van der Waals surface area contributed by atoms with Gasteiger partial charge in [-0.1, -0.05) is 46.9 Å². The molecule has 3 aromatic rings. The smallest absolute Gasteiger partial charge is 0.284 e. The summed E-state index contributed by atoms with van der Waals surface area (Å²) in [5.74, 6) is -1.31. The number of nitrogens with zero attached hydrogens (tertiary/aromatic N) is 1. The maximum Gasteiger partial charge on any atom is 0.284 e. The van der Waals surface area contributed by atoms with E-state index in [0.29, 0.717) is 27.7 Å². The number of hydrogen-bond donors (Lipinski definition) is 4. The van der Waals surface area contributed by atoms with Crippen molar-refractivity contribution >= 4 is 67.9 Å². The van der Waals surface area contributed by atoms with Crippen molar-refractivity contribution < 1.29 is 13.2 Å². The van der Waals surface area contributed by atoms with Crippen LogP contribution in [0.25, 0.3) is 0 Å². The SMILES string of the molecule is NCCC(C(=O)Nc1ccc(N)c(C(N)=NS(=O)(=O)c2cccc(Cl)c2)c1)c1ccc(Cl)c(Cl)c1. The molecule has 3 aromatic carbocycles. The highest BCUT2D eigenvalue weighted by Gasteiger charge is 2.22. The number of benzene rings is 3. The molecule has 7 N–H and O–H groups in total. The van der Waals surface area contributed by atoms with Crippen molar-refractivity contribution in [2.24, 2.45) is 15.9 Å². The Bertz CT molecular complexity index is 1400. The maximum atomic E-state index is 13.1. The van der Waals surface area contributed by atoms with Crippen LogP contribution in [0.3, 0.4) is 0 Å². The van der Waals surface area contributed by atoms with Gasteiger partial charge in [0.2, 0.25) is 5.91 Å². The Morgan fingerprint density at radius 2 is 1.74 bits per heavy atom. The highest BCUT2D eigenvalue weighted by Crippen LogP contribution is 2.29. The lowest BCUT2D eigenvalue weighted by atomic mass is 9.94. The van der Waals surface area contributed by atoms with Crippen molar-refractivity contribution in [1.29, 1.82) is 0 Å². The van der Waals surface area contributed by atoms with Gasteiger partial charge in [-0.2, -0.15) is 8.42 Å². The van der Waals surface area contributed by atoms with Crippen molar-refractivity contribution in [2.75, 3.05) is 17.6 Å². The van der Waals surface area contributed by atoms with E-state index in [0.717, 1.165) is 0 Å². The van der Waals surface area contributed by atoms with Gasteiger partial charge >= 0.3 is 0 Å². The fourth-order valence-electron chi connectivity index (χ4n) is 3.29. The molecule has 12 heteroatoms. The number of nitrogens with two attached hydrogens (primary N) is 3. The van der Waals surface area contributed by atoms with E-state index in [4.69, 9.17) is 52.0 Å². The number of nitrogens with one attached hydrogen (secondary N) is 1. The van der Waals surface area contributed by atoms with Crippen LogP contribution in [0, 0.1) is 0 Å². The normalized spacial score (nSPS) is 12.9. The minimum absolute atomic E-state index is 0.123. The van der Waals surface area contributed by atoms with Gasteiger partial charge in [-0.15, -0.1) is 4.40 Å². The highest BCUT2D eigenvalue weighted by molar-refractivity contribution is 7.90. The van der Waals surface area contributed by atoms with E-state index in [1.54, 1.807) is 24.3 Å². The summed E-state index contributed by atoms with van der Waals surface area (Å²) in [7, 11) is -4.15. The number of carbonyl (C=O) groups excluding carboxylic acids is 1. The quantitative estimate of drug-likeness (QED) is 0.184. The van der Waals surface area contributed by atoms with E-state index in [2.05, 4.69) is 9.71 Å². The van der Waals surface area contributed by atoms with Crippen molar-refractivity contribution in [3.63, 3.8) is 0 Å². The second-order valence-electron chi connectivity index (χ2n) is 7.50. The van der Waals surface area contributed by atoms with Crippen LogP contribution in [-0.2, 0) is 14.8 Å². The van der Waals surface area contributed by atoms with E-state index < -0.39 is 15.9 Å². The van der Waals surface area contributed by atoms with E-state index in [9.17, 15) is 13.2 Å². The minimum Gasteiger partial charge on any atom is -0.398 e. The van der Waals surface area contributed by atoms with E-state index in [1.165, 1.54) is 36.4 Å². The molecular weight excluding hydrogens is 533 g/mol. The predicted octanol–water partition coefficient (Wildman–Crippen LogP) is 4.39. The van der Waals surface area contributed by atoms with Crippen molar-refractivity contribution in [2.45, 2.75) is 17.2 Å². The number of halogens is 3. The fourth-order valence-corrected chi connectivity index (χ4v) is 4.84. The Hall–Kier alpha value is -2.82. The fraction of sp³-hybridized carbons (Fsp3) is 0.130. The molecule has 1 atom stereocenters. The molecule has 0 fully saturated rings. The Morgan fingerprint density at radius 3 is 2.40 bits per heavy atom. The summed E-state index contributed by atoms with van der Waals surface area (Å²) >= 11 is 18.0. The van der Waals surface area contributed by atoms with Crippen LogP contribution < -0.4 is 22.5 Å². The molecule has 3 rings (SSSR count). The monoisotopic (exact) mass is 553 g/mol. The molecule has 35 heavy (non-hydrogen) atoms. The van der Waals surface area contributed by atoms with Gasteiger partial charge < -0.3 is 22.5 Å². The summed E-state index contributed by atoms with van der Waals surface area (Å²) in [5, 5.41) is 3.70. The maximum absolute atomic E-state index is 13.1. The first kappa shape index (κ1) is 26.8. The van der Waals surface area contributed by atoms with Crippen LogP contribution in [0.4, 0.5) is 11.4 Å². The molecule has 0 aromatic heterocycles. The van der Waals surface area contributed by atoms with Crippen LogP contribution >= 0.6 is 34.8 Å². The summed E-state index contributed by atoms with van der Waals surface area (Å²) in [4.78, 5) is 12.9. The summed E-state index contributed by atoms with van der Waals surface area (Å²) in [5.41, 5.74) is 19.0. The Kier molecular flexibility index (Phi) is 8.63. The first-order chi connectivity index (χ1) is 16.5. The van der Waals surface area contributed by atoms with Gasteiger partial charge in [0.25, 0.3) is 10.0 Å². The zero-order valence-electron chi connectivity index (χ0n) is 18.2. The molecule has 0 aliphatic carbocycles. The van der Waals surface area contributed by atoms with Gasteiger partial charge in [-0.05, 0) is 67.1 Å². The van der Waals surface area contributed by atoms with E-state index in [1.807, 2.05) is 0 Å². The van der Waals surface area contributed by atoms with Crippen LogP contribution in [0.5, 0.6) is 0 Å². The molecule has 0 radical (unpaired) electrons. The van der Waals surface area contributed by atoms with E-state index in [-0.39, 0.29) is 39.5 Å². The lowest BCUT2D eigenvalue weighted by Crippen LogP contribution is -2.24. The third-order valence-electron chi connectivity index (χ3n) is 5.03. The second kappa shape index (κ2) is 11.3. The molecular formula is C23H22Cl3N5O3S. The summed E-state index contributed by atoms with van der Waals surface area (Å²) in [6.07, 6.45) is 0.354. The third-order valence-corrected chi connectivity index (χ3v) is 7.29. The average Bonchev–Trinajstić information content (AvgIpc) is 2.80. The largest absolute Gasteiger partial charge is 0.398 e.